The Bertz CT molecular complexity index is 1500. The summed E-state index contributed by atoms with van der Waals surface area (Å²) in [6, 6.07) is 14.5. The monoisotopic (exact) mass is 511 g/mol. The molecule has 0 unspecified atom stereocenters. The number of hydrogen-bond acceptors (Lipinski definition) is 8. The van der Waals surface area contributed by atoms with Crippen molar-refractivity contribution in [3.05, 3.63) is 77.2 Å². The van der Waals surface area contributed by atoms with Crippen molar-refractivity contribution < 1.29 is 19.1 Å². The first-order chi connectivity index (χ1) is 18.5. The molecule has 9 nitrogen and oxygen atoms in total. The maximum Gasteiger partial charge on any atom is 0.274 e. The standard InChI is InChI=1S/C29H29N5O4/c1-17-13-20(7-10-32-17)26-23-14-21(16-30)25(31)15-24(23)29(33-27(26)18-8-11-37-12-9-18)38-22-5-3-19(4-6-22)28(35)34-36-2/h3-7,10,13-16,18,30H,8-9,11-12,31H2,1-2H3,(H,34,35). The molecule has 1 aliphatic rings. The number of hydrogen-bond donors (Lipinski definition) is 3. The van der Waals surface area contributed by atoms with Crippen LogP contribution >= 0.6 is 0 Å². The van der Waals surface area contributed by atoms with E-state index in [2.05, 4.69) is 10.5 Å². The van der Waals surface area contributed by atoms with Crippen LogP contribution in [0.5, 0.6) is 11.6 Å². The molecule has 0 atom stereocenters. The second-order valence-corrected chi connectivity index (χ2v) is 9.18. The number of ether oxygens (including phenoxy) is 2. The predicted molar refractivity (Wildman–Crippen MR) is 146 cm³/mol. The van der Waals surface area contributed by atoms with Gasteiger partial charge in [-0.1, -0.05) is 0 Å². The summed E-state index contributed by atoms with van der Waals surface area (Å²) in [5.41, 5.74) is 13.9. The quantitative estimate of drug-likeness (QED) is 0.177. The number of nitrogens with one attached hydrogen (secondary N) is 2. The second-order valence-electron chi connectivity index (χ2n) is 9.18. The molecule has 2 aromatic carbocycles. The first kappa shape index (κ1) is 25.3. The third kappa shape index (κ3) is 5.06. The summed E-state index contributed by atoms with van der Waals surface area (Å²) in [5.74, 6) is 0.745. The van der Waals surface area contributed by atoms with Crippen LogP contribution in [-0.4, -0.2) is 42.4 Å². The average molecular weight is 512 g/mol. The largest absolute Gasteiger partial charge is 0.438 e. The van der Waals surface area contributed by atoms with Gasteiger partial charge in [-0.05, 0) is 79.2 Å². The molecule has 1 saturated heterocycles. The lowest BCUT2D eigenvalue weighted by Crippen LogP contribution is -2.21. The van der Waals surface area contributed by atoms with E-state index < -0.39 is 0 Å². The summed E-state index contributed by atoms with van der Waals surface area (Å²) < 4.78 is 12.0. The molecule has 4 N–H and O–H groups in total. The Hall–Kier alpha value is -4.34. The van der Waals surface area contributed by atoms with Crippen LogP contribution < -0.4 is 16.0 Å². The normalized spacial score (nSPS) is 13.8. The predicted octanol–water partition coefficient (Wildman–Crippen LogP) is 5.16. The Morgan fingerprint density at radius 3 is 2.58 bits per heavy atom. The summed E-state index contributed by atoms with van der Waals surface area (Å²) in [6.45, 7) is 3.28. The van der Waals surface area contributed by atoms with Gasteiger partial charge in [0, 0.05) is 65.0 Å². The fourth-order valence-electron chi connectivity index (χ4n) is 4.79. The molecular weight excluding hydrogens is 482 g/mol. The molecule has 9 heteroatoms. The lowest BCUT2D eigenvalue weighted by Gasteiger charge is -2.26. The van der Waals surface area contributed by atoms with Crippen LogP contribution in [0.4, 0.5) is 5.69 Å². The van der Waals surface area contributed by atoms with Crippen LogP contribution in [0, 0.1) is 12.3 Å². The van der Waals surface area contributed by atoms with E-state index in [0.717, 1.165) is 46.1 Å². The number of fused-ring (bicyclic) bond motifs is 1. The van der Waals surface area contributed by atoms with Crippen molar-refractivity contribution in [3.8, 4) is 22.8 Å². The number of rotatable bonds is 7. The Labute approximate surface area is 220 Å². The highest BCUT2D eigenvalue weighted by atomic mass is 16.6. The lowest BCUT2D eigenvalue weighted by atomic mass is 9.87. The molecule has 4 aromatic rings. The van der Waals surface area contributed by atoms with Gasteiger partial charge in [0.2, 0.25) is 5.88 Å². The van der Waals surface area contributed by atoms with Crippen LogP contribution in [-0.2, 0) is 9.57 Å². The maximum absolute atomic E-state index is 12.1. The number of aromatic nitrogens is 2. The number of amides is 1. The minimum absolute atomic E-state index is 0.167. The highest BCUT2D eigenvalue weighted by Crippen LogP contribution is 2.43. The Kier molecular flexibility index (Phi) is 7.30. The number of hydroxylamine groups is 1. The number of carbonyl (C=O) groups is 1. The van der Waals surface area contributed by atoms with Gasteiger partial charge in [-0.15, -0.1) is 0 Å². The molecule has 0 aliphatic carbocycles. The molecule has 1 amide bonds. The van der Waals surface area contributed by atoms with E-state index in [1.54, 1.807) is 30.5 Å². The summed E-state index contributed by atoms with van der Waals surface area (Å²) in [7, 11) is 1.38. The average Bonchev–Trinajstić information content (AvgIpc) is 2.93. The van der Waals surface area contributed by atoms with Crippen LogP contribution in [0.15, 0.2) is 54.7 Å². The topological polar surface area (TPSA) is 132 Å². The molecule has 1 fully saturated rings. The SMILES string of the molecule is CONC(=O)c1ccc(Oc2nc(C3CCOCC3)c(-c3ccnc(C)c3)c3cc(C=N)c(N)cc23)cc1. The summed E-state index contributed by atoms with van der Waals surface area (Å²) in [4.78, 5) is 26.3. The van der Waals surface area contributed by atoms with Crippen molar-refractivity contribution in [2.75, 3.05) is 26.1 Å². The number of carbonyl (C=O) groups excluding carboxylic acids is 1. The van der Waals surface area contributed by atoms with Crippen molar-refractivity contribution in [1.82, 2.24) is 15.4 Å². The van der Waals surface area contributed by atoms with E-state index in [4.69, 9.17) is 30.4 Å². The molecular formula is C29H29N5O4. The van der Waals surface area contributed by atoms with Crippen LogP contribution in [0.3, 0.4) is 0 Å². The molecule has 2 aromatic heterocycles. The number of benzene rings is 2. The zero-order chi connectivity index (χ0) is 26.6. The summed E-state index contributed by atoms with van der Waals surface area (Å²) in [5, 5.41) is 9.54. The van der Waals surface area contributed by atoms with Gasteiger partial charge >= 0.3 is 0 Å². The van der Waals surface area contributed by atoms with Crippen LogP contribution in [0.25, 0.3) is 21.9 Å². The van der Waals surface area contributed by atoms with Crippen LogP contribution in [0.1, 0.15) is 46.1 Å². The van der Waals surface area contributed by atoms with Crippen molar-refractivity contribution in [3.63, 3.8) is 0 Å². The fourth-order valence-corrected chi connectivity index (χ4v) is 4.79. The van der Waals surface area contributed by atoms with Gasteiger partial charge in [0.1, 0.15) is 5.75 Å². The van der Waals surface area contributed by atoms with Crippen molar-refractivity contribution in [2.45, 2.75) is 25.7 Å². The Morgan fingerprint density at radius 1 is 1.13 bits per heavy atom. The number of nitrogen functional groups attached to an aromatic ring is 1. The van der Waals surface area contributed by atoms with E-state index in [1.165, 1.54) is 13.3 Å². The zero-order valence-electron chi connectivity index (χ0n) is 21.3. The molecule has 38 heavy (non-hydrogen) atoms. The lowest BCUT2D eigenvalue weighted by molar-refractivity contribution is 0.0537. The molecule has 1 aliphatic heterocycles. The van der Waals surface area contributed by atoms with Gasteiger partial charge in [0.05, 0.1) is 12.8 Å². The number of anilines is 1. The van der Waals surface area contributed by atoms with Gasteiger partial charge < -0.3 is 20.6 Å². The third-order valence-corrected chi connectivity index (χ3v) is 6.68. The number of pyridine rings is 2. The third-order valence-electron chi connectivity index (χ3n) is 6.68. The zero-order valence-corrected chi connectivity index (χ0v) is 21.3. The van der Waals surface area contributed by atoms with E-state index in [1.807, 2.05) is 31.2 Å². The first-order valence-corrected chi connectivity index (χ1v) is 12.4. The van der Waals surface area contributed by atoms with E-state index in [0.29, 0.717) is 41.7 Å². The Balaban J connectivity index is 1.71. The van der Waals surface area contributed by atoms with Gasteiger partial charge in [-0.3, -0.25) is 14.6 Å². The molecule has 0 bridgehead atoms. The molecule has 194 valence electrons. The molecule has 3 heterocycles. The summed E-state index contributed by atoms with van der Waals surface area (Å²) >= 11 is 0. The van der Waals surface area contributed by atoms with E-state index in [9.17, 15) is 4.79 Å². The van der Waals surface area contributed by atoms with Crippen molar-refractivity contribution >= 4 is 28.6 Å². The highest BCUT2D eigenvalue weighted by molar-refractivity contribution is 6.05. The molecule has 0 radical (unpaired) electrons. The smallest absolute Gasteiger partial charge is 0.274 e. The van der Waals surface area contributed by atoms with E-state index in [-0.39, 0.29) is 11.8 Å². The highest BCUT2D eigenvalue weighted by Gasteiger charge is 2.26. The number of nitrogens with two attached hydrogens (primary N) is 1. The number of nitrogens with zero attached hydrogens (tertiary/aromatic N) is 2. The summed E-state index contributed by atoms with van der Waals surface area (Å²) in [6.07, 6.45) is 4.73. The van der Waals surface area contributed by atoms with Gasteiger partial charge in [0.25, 0.3) is 5.91 Å². The van der Waals surface area contributed by atoms with Crippen LogP contribution in [0.2, 0.25) is 0 Å². The number of aryl methyl sites for hydroxylation is 1. The van der Waals surface area contributed by atoms with Gasteiger partial charge in [0.15, 0.2) is 0 Å². The van der Waals surface area contributed by atoms with Crippen molar-refractivity contribution in [2.24, 2.45) is 0 Å². The van der Waals surface area contributed by atoms with Gasteiger partial charge in [-0.25, -0.2) is 10.5 Å². The maximum atomic E-state index is 12.1. The molecule has 0 saturated carbocycles. The van der Waals surface area contributed by atoms with E-state index >= 15 is 0 Å². The minimum Gasteiger partial charge on any atom is -0.438 e. The fraction of sp³-hybridized carbons (Fsp3) is 0.241. The van der Waals surface area contributed by atoms with Crippen molar-refractivity contribution in [1.29, 1.82) is 5.41 Å². The molecule has 0 spiro atoms. The Morgan fingerprint density at radius 2 is 1.89 bits per heavy atom. The minimum atomic E-state index is -0.353. The first-order valence-electron chi connectivity index (χ1n) is 12.4. The second kappa shape index (κ2) is 11.0. The molecule has 5 rings (SSSR count). The van der Waals surface area contributed by atoms with Gasteiger partial charge in [-0.2, -0.15) is 0 Å².